The Morgan fingerprint density at radius 2 is 1.96 bits per heavy atom. The largest absolute Gasteiger partial charge is 0.322 e. The van der Waals surface area contributed by atoms with Crippen LogP contribution in [0.1, 0.15) is 40.7 Å². The minimum absolute atomic E-state index is 0.0855. The Labute approximate surface area is 157 Å². The molecule has 2 aromatic carbocycles. The molecule has 0 aliphatic carbocycles. The zero-order valence-electron chi connectivity index (χ0n) is 15.3. The lowest BCUT2D eigenvalue weighted by Gasteiger charge is -2.28. The molecule has 0 atom stereocenters. The van der Waals surface area contributed by atoms with E-state index < -0.39 is 10.8 Å². The first-order valence-corrected chi connectivity index (χ1v) is 8.85. The molecule has 1 heterocycles. The van der Waals surface area contributed by atoms with Crippen LogP contribution in [-0.4, -0.2) is 23.3 Å². The van der Waals surface area contributed by atoms with Crippen molar-refractivity contribution in [2.24, 2.45) is 0 Å². The molecule has 0 bridgehead atoms. The first kappa shape index (κ1) is 18.6. The fourth-order valence-electron chi connectivity index (χ4n) is 3.30. The average Bonchev–Trinajstić information content (AvgIpc) is 2.63. The minimum atomic E-state index is -0.502. The van der Waals surface area contributed by atoms with E-state index in [0.29, 0.717) is 24.2 Å². The van der Waals surface area contributed by atoms with Crippen LogP contribution in [0.15, 0.2) is 36.4 Å². The number of carbonyl (C=O) groups excluding carboxylic acids is 2. The zero-order valence-corrected chi connectivity index (χ0v) is 15.3. The van der Waals surface area contributed by atoms with Crippen molar-refractivity contribution in [3.8, 4) is 0 Å². The molecule has 7 nitrogen and oxygen atoms in total. The molecule has 1 aliphatic heterocycles. The summed E-state index contributed by atoms with van der Waals surface area (Å²) in [5.74, 6) is -0.335. The summed E-state index contributed by atoms with van der Waals surface area (Å²) in [7, 11) is 0. The van der Waals surface area contributed by atoms with Gasteiger partial charge in [0.1, 0.15) is 0 Å². The second kappa shape index (κ2) is 7.57. The summed E-state index contributed by atoms with van der Waals surface area (Å²) in [6, 6.07) is 9.82. The number of anilines is 2. The molecule has 0 radical (unpaired) electrons. The number of rotatable bonds is 4. The summed E-state index contributed by atoms with van der Waals surface area (Å²) in [6.45, 7) is 4.15. The molecule has 3 rings (SSSR count). The van der Waals surface area contributed by atoms with E-state index in [-0.39, 0.29) is 17.2 Å². The average molecular weight is 367 g/mol. The lowest BCUT2D eigenvalue weighted by Crippen LogP contribution is -2.35. The highest BCUT2D eigenvalue weighted by Crippen LogP contribution is 2.28. The third kappa shape index (κ3) is 3.81. The number of piperidine rings is 1. The fraction of sp³-hybridized carbons (Fsp3) is 0.300. The van der Waals surface area contributed by atoms with Crippen LogP contribution < -0.4 is 10.2 Å². The van der Waals surface area contributed by atoms with E-state index in [1.165, 1.54) is 12.1 Å². The first-order chi connectivity index (χ1) is 12.9. The number of hydrogen-bond acceptors (Lipinski definition) is 4. The summed E-state index contributed by atoms with van der Waals surface area (Å²) in [6.07, 6.45) is 2.38. The number of nitrogens with zero attached hydrogens (tertiary/aromatic N) is 2. The van der Waals surface area contributed by atoms with Gasteiger partial charge in [-0.3, -0.25) is 19.7 Å². The van der Waals surface area contributed by atoms with Crippen molar-refractivity contribution >= 4 is 28.9 Å². The number of nitro benzene ring substituents is 1. The third-order valence-corrected chi connectivity index (χ3v) is 4.83. The van der Waals surface area contributed by atoms with Crippen molar-refractivity contribution in [3.05, 3.63) is 63.2 Å². The van der Waals surface area contributed by atoms with E-state index in [1.807, 2.05) is 13.0 Å². The Morgan fingerprint density at radius 3 is 2.67 bits per heavy atom. The maximum absolute atomic E-state index is 12.6. The molecule has 1 fully saturated rings. The van der Waals surface area contributed by atoms with Gasteiger partial charge in [0.05, 0.1) is 4.92 Å². The van der Waals surface area contributed by atoms with E-state index in [2.05, 4.69) is 5.32 Å². The number of carbonyl (C=O) groups is 2. The Kier molecular flexibility index (Phi) is 5.21. The van der Waals surface area contributed by atoms with Gasteiger partial charge >= 0.3 is 0 Å². The topological polar surface area (TPSA) is 92.5 Å². The van der Waals surface area contributed by atoms with Gasteiger partial charge < -0.3 is 10.2 Å². The molecule has 0 spiro atoms. The van der Waals surface area contributed by atoms with Crippen molar-refractivity contribution in [1.82, 2.24) is 0 Å². The Balaban J connectivity index is 1.87. The lowest BCUT2D eigenvalue weighted by atomic mass is 10.0. The summed E-state index contributed by atoms with van der Waals surface area (Å²) < 4.78 is 0. The van der Waals surface area contributed by atoms with Gasteiger partial charge in [0, 0.05) is 41.5 Å². The molecule has 27 heavy (non-hydrogen) atoms. The van der Waals surface area contributed by atoms with Crippen LogP contribution in [0.3, 0.4) is 0 Å². The van der Waals surface area contributed by atoms with Gasteiger partial charge in [-0.15, -0.1) is 0 Å². The van der Waals surface area contributed by atoms with E-state index in [0.717, 1.165) is 24.1 Å². The first-order valence-electron chi connectivity index (χ1n) is 8.85. The maximum atomic E-state index is 12.6. The molecule has 2 aromatic rings. The number of nitro groups is 1. The highest BCUT2D eigenvalue weighted by Gasteiger charge is 2.22. The molecule has 1 aliphatic rings. The molecule has 0 unspecified atom stereocenters. The molecule has 0 saturated carbocycles. The molecule has 7 heteroatoms. The normalized spacial score (nSPS) is 14.1. The maximum Gasteiger partial charge on any atom is 0.273 e. The third-order valence-electron chi connectivity index (χ3n) is 4.83. The number of hydrogen-bond donors (Lipinski definition) is 1. The predicted octanol–water partition coefficient (Wildman–Crippen LogP) is 3.98. The molecule has 1 saturated heterocycles. The second-order valence-electron chi connectivity index (χ2n) is 6.66. The van der Waals surface area contributed by atoms with Gasteiger partial charge in [0.15, 0.2) is 0 Å². The van der Waals surface area contributed by atoms with Crippen LogP contribution in [0, 0.1) is 24.0 Å². The van der Waals surface area contributed by atoms with E-state index >= 15 is 0 Å². The highest BCUT2D eigenvalue weighted by atomic mass is 16.6. The van der Waals surface area contributed by atoms with Crippen molar-refractivity contribution in [1.29, 1.82) is 0 Å². The Hall–Kier alpha value is -3.22. The predicted molar refractivity (Wildman–Crippen MR) is 103 cm³/mol. The van der Waals surface area contributed by atoms with Crippen LogP contribution in [-0.2, 0) is 4.79 Å². The van der Waals surface area contributed by atoms with E-state index in [9.17, 15) is 19.7 Å². The van der Waals surface area contributed by atoms with Gasteiger partial charge in [0.2, 0.25) is 5.91 Å². The smallest absolute Gasteiger partial charge is 0.273 e. The SMILES string of the molecule is Cc1ccc(NC(=O)c2cccc([N+](=O)[O-])c2C)cc1N1CCCCC1=O. The standard InChI is InChI=1S/C20H21N3O4/c1-13-9-10-15(12-18(13)22-11-4-3-8-19(22)24)21-20(25)16-6-5-7-17(14(16)2)23(26)27/h5-7,9-10,12H,3-4,8,11H2,1-2H3,(H,21,25). The molecule has 2 amide bonds. The summed E-state index contributed by atoms with van der Waals surface area (Å²) in [5, 5.41) is 13.9. The van der Waals surface area contributed by atoms with Crippen LogP contribution in [0.2, 0.25) is 0 Å². The van der Waals surface area contributed by atoms with Crippen LogP contribution in [0.4, 0.5) is 17.1 Å². The van der Waals surface area contributed by atoms with Crippen LogP contribution in [0.25, 0.3) is 0 Å². The summed E-state index contributed by atoms with van der Waals surface area (Å²) in [5.41, 5.74) is 2.76. The van der Waals surface area contributed by atoms with Gasteiger partial charge in [0.25, 0.3) is 11.6 Å². The number of nitrogens with one attached hydrogen (secondary N) is 1. The van der Waals surface area contributed by atoms with Gasteiger partial charge in [-0.2, -0.15) is 0 Å². The molecular formula is C20H21N3O4. The van der Waals surface area contributed by atoms with Crippen molar-refractivity contribution in [3.63, 3.8) is 0 Å². The quantitative estimate of drug-likeness (QED) is 0.653. The Morgan fingerprint density at radius 1 is 1.19 bits per heavy atom. The Bertz CT molecular complexity index is 923. The van der Waals surface area contributed by atoms with Gasteiger partial charge in [-0.1, -0.05) is 12.1 Å². The van der Waals surface area contributed by atoms with E-state index in [4.69, 9.17) is 0 Å². The van der Waals surface area contributed by atoms with Crippen LogP contribution >= 0.6 is 0 Å². The molecule has 0 aromatic heterocycles. The number of benzene rings is 2. The minimum Gasteiger partial charge on any atom is -0.322 e. The molecule has 1 N–H and O–H groups in total. The number of aryl methyl sites for hydroxylation is 1. The van der Waals surface area contributed by atoms with Gasteiger partial charge in [-0.25, -0.2) is 0 Å². The number of amides is 2. The molecular weight excluding hydrogens is 346 g/mol. The van der Waals surface area contributed by atoms with Crippen molar-refractivity contribution < 1.29 is 14.5 Å². The monoisotopic (exact) mass is 367 g/mol. The fourth-order valence-corrected chi connectivity index (χ4v) is 3.30. The zero-order chi connectivity index (χ0) is 19.6. The highest BCUT2D eigenvalue weighted by molar-refractivity contribution is 6.06. The molecule has 140 valence electrons. The van der Waals surface area contributed by atoms with Gasteiger partial charge in [-0.05, 0) is 50.5 Å². The van der Waals surface area contributed by atoms with Crippen molar-refractivity contribution in [2.45, 2.75) is 33.1 Å². The summed E-state index contributed by atoms with van der Waals surface area (Å²) in [4.78, 5) is 37.2. The lowest BCUT2D eigenvalue weighted by molar-refractivity contribution is -0.385. The summed E-state index contributed by atoms with van der Waals surface area (Å²) >= 11 is 0. The van der Waals surface area contributed by atoms with Crippen LogP contribution in [0.5, 0.6) is 0 Å². The van der Waals surface area contributed by atoms with Crippen molar-refractivity contribution in [2.75, 3.05) is 16.8 Å². The van der Waals surface area contributed by atoms with E-state index in [1.54, 1.807) is 30.0 Å². The second-order valence-corrected chi connectivity index (χ2v) is 6.66.